The molecule has 0 radical (unpaired) electrons. The summed E-state index contributed by atoms with van der Waals surface area (Å²) in [6.07, 6.45) is 0. The van der Waals surface area contributed by atoms with Gasteiger partial charge in [-0.3, -0.25) is 19.7 Å². The minimum atomic E-state index is -0.584. The third-order valence-electron chi connectivity index (χ3n) is 3.36. The number of benzene rings is 2. The summed E-state index contributed by atoms with van der Waals surface area (Å²) in [7, 11) is 0. The van der Waals surface area contributed by atoms with Crippen molar-refractivity contribution in [2.75, 3.05) is 11.9 Å². The molecule has 2 aromatic rings. The Labute approximate surface area is 156 Å². The summed E-state index contributed by atoms with van der Waals surface area (Å²) in [5, 5.41) is 16.4. The van der Waals surface area contributed by atoms with Crippen LogP contribution < -0.4 is 15.4 Å². The van der Waals surface area contributed by atoms with Crippen LogP contribution in [0.4, 0.5) is 11.4 Å². The number of nitrogens with one attached hydrogen (secondary N) is 2. The van der Waals surface area contributed by atoms with Crippen molar-refractivity contribution in [1.82, 2.24) is 5.32 Å². The van der Waals surface area contributed by atoms with Crippen molar-refractivity contribution in [1.29, 1.82) is 0 Å². The first-order chi connectivity index (χ1) is 12.7. The average molecular weight is 371 g/mol. The number of nitrogens with zero attached hydrogens (tertiary/aromatic N) is 1. The van der Waals surface area contributed by atoms with Gasteiger partial charge in [0.2, 0.25) is 0 Å². The number of nitro benzene ring substituents is 1. The number of hydrogen-bond acceptors (Lipinski definition) is 5. The van der Waals surface area contributed by atoms with Gasteiger partial charge in [0.15, 0.2) is 12.4 Å². The van der Waals surface area contributed by atoms with E-state index in [0.717, 1.165) is 0 Å². The number of amides is 2. The average Bonchev–Trinajstić information content (AvgIpc) is 2.59. The number of carbonyl (C=O) groups is 2. The first-order valence-corrected chi connectivity index (χ1v) is 8.25. The molecule has 2 N–H and O–H groups in total. The summed E-state index contributed by atoms with van der Waals surface area (Å²) in [5.74, 6) is -0.862. The van der Waals surface area contributed by atoms with Crippen LogP contribution in [0.25, 0.3) is 0 Å². The quantitative estimate of drug-likeness (QED) is 0.599. The summed E-state index contributed by atoms with van der Waals surface area (Å²) in [4.78, 5) is 35.0. The molecule has 2 rings (SSSR count). The van der Waals surface area contributed by atoms with Crippen LogP contribution in [0.15, 0.2) is 48.5 Å². The highest BCUT2D eigenvalue weighted by Gasteiger charge is 2.19. The van der Waals surface area contributed by atoms with Gasteiger partial charge in [0.25, 0.3) is 11.8 Å². The topological polar surface area (TPSA) is 111 Å². The molecule has 2 amide bonds. The molecule has 0 atom stereocenters. The minimum absolute atomic E-state index is 0.00332. The Morgan fingerprint density at radius 2 is 1.70 bits per heavy atom. The first-order valence-electron chi connectivity index (χ1n) is 8.25. The van der Waals surface area contributed by atoms with Gasteiger partial charge in [0, 0.05) is 11.6 Å². The fraction of sp³-hybridized carbons (Fsp3) is 0.263. The van der Waals surface area contributed by atoms with Gasteiger partial charge in [-0.05, 0) is 39.0 Å². The maximum absolute atomic E-state index is 12.4. The largest absolute Gasteiger partial charge is 0.477 e. The maximum Gasteiger partial charge on any atom is 0.310 e. The van der Waals surface area contributed by atoms with E-state index in [9.17, 15) is 19.7 Å². The van der Waals surface area contributed by atoms with Gasteiger partial charge in [-0.15, -0.1) is 0 Å². The zero-order chi connectivity index (χ0) is 20.0. The molecule has 8 heteroatoms. The molecular weight excluding hydrogens is 350 g/mol. The fourth-order valence-corrected chi connectivity index (χ4v) is 2.26. The Balaban J connectivity index is 2.07. The lowest BCUT2D eigenvalue weighted by Gasteiger charge is -2.21. The lowest BCUT2D eigenvalue weighted by atomic mass is 10.1. The van der Waals surface area contributed by atoms with Crippen molar-refractivity contribution in [3.8, 4) is 5.75 Å². The normalized spacial score (nSPS) is 10.8. The number of nitro groups is 1. The second-order valence-corrected chi connectivity index (χ2v) is 6.81. The molecule has 0 saturated heterocycles. The molecule has 2 aromatic carbocycles. The molecule has 0 aliphatic carbocycles. The van der Waals surface area contributed by atoms with Crippen LogP contribution in [0.1, 0.15) is 31.1 Å². The van der Waals surface area contributed by atoms with Crippen LogP contribution in [0.3, 0.4) is 0 Å². The van der Waals surface area contributed by atoms with Crippen molar-refractivity contribution < 1.29 is 19.2 Å². The summed E-state index contributed by atoms with van der Waals surface area (Å²) in [5.41, 5.74) is -0.0130. The van der Waals surface area contributed by atoms with E-state index < -0.39 is 23.0 Å². The highest BCUT2D eigenvalue weighted by molar-refractivity contribution is 6.04. The maximum atomic E-state index is 12.4. The van der Waals surface area contributed by atoms with E-state index >= 15 is 0 Å². The molecule has 0 heterocycles. The number of hydrogen-bond donors (Lipinski definition) is 2. The Bertz CT molecular complexity index is 858. The zero-order valence-corrected chi connectivity index (χ0v) is 15.3. The molecule has 0 aromatic heterocycles. The van der Waals surface area contributed by atoms with Crippen molar-refractivity contribution >= 4 is 23.2 Å². The van der Waals surface area contributed by atoms with Crippen molar-refractivity contribution in [3.05, 3.63) is 64.2 Å². The standard InChI is InChI=1S/C19H21N3O5/c1-19(2,3)21-18(24)13-8-4-5-9-14(13)20-17(23)12-27-16-11-7-6-10-15(16)22(25)26/h4-11H,12H2,1-3H3,(H,20,23)(H,21,24). The number of carbonyl (C=O) groups excluding carboxylic acids is 2. The Hall–Kier alpha value is -3.42. The third kappa shape index (κ3) is 5.81. The van der Waals surface area contributed by atoms with Gasteiger partial charge >= 0.3 is 5.69 Å². The van der Waals surface area contributed by atoms with E-state index in [1.54, 1.807) is 30.3 Å². The molecule has 0 spiro atoms. The van der Waals surface area contributed by atoms with Crippen molar-refractivity contribution in [2.45, 2.75) is 26.3 Å². The molecule has 27 heavy (non-hydrogen) atoms. The highest BCUT2D eigenvalue weighted by atomic mass is 16.6. The number of para-hydroxylation sites is 3. The lowest BCUT2D eigenvalue weighted by molar-refractivity contribution is -0.385. The third-order valence-corrected chi connectivity index (χ3v) is 3.36. The molecule has 0 bridgehead atoms. The van der Waals surface area contributed by atoms with Crippen LogP contribution in [-0.4, -0.2) is 28.9 Å². The highest BCUT2D eigenvalue weighted by Crippen LogP contribution is 2.25. The van der Waals surface area contributed by atoms with Gasteiger partial charge in [0.1, 0.15) is 0 Å². The SMILES string of the molecule is CC(C)(C)NC(=O)c1ccccc1NC(=O)COc1ccccc1[N+](=O)[O-]. The Kier molecular flexibility index (Phi) is 6.12. The lowest BCUT2D eigenvalue weighted by Crippen LogP contribution is -2.41. The smallest absolute Gasteiger partial charge is 0.310 e. The first kappa shape index (κ1) is 19.9. The Morgan fingerprint density at radius 1 is 1.07 bits per heavy atom. The van der Waals surface area contributed by atoms with Crippen LogP contribution in [0.5, 0.6) is 5.75 Å². The van der Waals surface area contributed by atoms with E-state index in [1.807, 2.05) is 20.8 Å². The predicted molar refractivity (Wildman–Crippen MR) is 101 cm³/mol. The van der Waals surface area contributed by atoms with Gasteiger partial charge in [-0.1, -0.05) is 24.3 Å². The van der Waals surface area contributed by atoms with Crippen molar-refractivity contribution in [3.63, 3.8) is 0 Å². The van der Waals surface area contributed by atoms with Crippen LogP contribution in [0, 0.1) is 10.1 Å². The van der Waals surface area contributed by atoms with Crippen LogP contribution in [0.2, 0.25) is 0 Å². The van der Waals surface area contributed by atoms with E-state index in [2.05, 4.69) is 10.6 Å². The van der Waals surface area contributed by atoms with Gasteiger partial charge < -0.3 is 15.4 Å². The van der Waals surface area contributed by atoms with Crippen LogP contribution in [-0.2, 0) is 4.79 Å². The monoisotopic (exact) mass is 371 g/mol. The Morgan fingerprint density at radius 3 is 2.37 bits per heavy atom. The van der Waals surface area contributed by atoms with Crippen molar-refractivity contribution in [2.24, 2.45) is 0 Å². The number of rotatable bonds is 6. The van der Waals surface area contributed by atoms with E-state index in [-0.39, 0.29) is 17.3 Å². The fourth-order valence-electron chi connectivity index (χ4n) is 2.26. The molecule has 0 saturated carbocycles. The second-order valence-electron chi connectivity index (χ2n) is 6.81. The van der Waals surface area contributed by atoms with Gasteiger partial charge in [-0.25, -0.2) is 0 Å². The number of anilines is 1. The van der Waals surface area contributed by atoms with E-state index in [0.29, 0.717) is 11.3 Å². The molecule has 0 aliphatic rings. The van der Waals surface area contributed by atoms with E-state index in [1.165, 1.54) is 18.2 Å². The molecule has 0 aliphatic heterocycles. The van der Waals surface area contributed by atoms with E-state index in [4.69, 9.17) is 4.74 Å². The molecule has 142 valence electrons. The molecule has 8 nitrogen and oxygen atoms in total. The molecular formula is C19H21N3O5. The number of ether oxygens (including phenoxy) is 1. The summed E-state index contributed by atoms with van der Waals surface area (Å²) in [6.45, 7) is 5.13. The zero-order valence-electron chi connectivity index (χ0n) is 15.3. The second kappa shape index (κ2) is 8.31. The summed E-state index contributed by atoms with van der Waals surface area (Å²) < 4.78 is 5.26. The molecule has 0 unspecified atom stereocenters. The predicted octanol–water partition coefficient (Wildman–Crippen LogP) is 3.14. The van der Waals surface area contributed by atoms with Gasteiger partial charge in [-0.2, -0.15) is 0 Å². The van der Waals surface area contributed by atoms with Crippen LogP contribution >= 0.6 is 0 Å². The van der Waals surface area contributed by atoms with Gasteiger partial charge in [0.05, 0.1) is 16.2 Å². The summed E-state index contributed by atoms with van der Waals surface area (Å²) in [6, 6.07) is 12.4. The molecule has 0 fully saturated rings. The minimum Gasteiger partial charge on any atom is -0.477 e. The summed E-state index contributed by atoms with van der Waals surface area (Å²) >= 11 is 0.